The Morgan fingerprint density at radius 2 is 1.79 bits per heavy atom. The normalized spacial score (nSPS) is 32.6. The predicted molar refractivity (Wildman–Crippen MR) is 134 cm³/mol. The second-order valence-electron chi connectivity index (χ2n) is 10.7. The van der Waals surface area contributed by atoms with E-state index in [1.807, 2.05) is 19.0 Å². The molecule has 0 amide bonds. The number of hydrogen-bond donors (Lipinski definition) is 5. The Labute approximate surface area is 220 Å². The number of nitrogens with zero attached hydrogens (tertiary/aromatic N) is 1. The first kappa shape index (κ1) is 26.7. The second kappa shape index (κ2) is 9.41. The topological polar surface area (TPSA) is 157 Å². The number of phenols is 2. The summed E-state index contributed by atoms with van der Waals surface area (Å²) in [6.45, 7) is 3.42. The van der Waals surface area contributed by atoms with Crippen molar-refractivity contribution in [2.24, 2.45) is 0 Å². The van der Waals surface area contributed by atoms with Crippen LogP contribution in [-0.4, -0.2) is 86.2 Å². The van der Waals surface area contributed by atoms with E-state index in [1.165, 1.54) is 24.3 Å². The number of phenolic OH excluding ortho intramolecular Hbond substituents is 2. The number of ether oxygens (including phenoxy) is 2. The zero-order valence-corrected chi connectivity index (χ0v) is 21.7. The minimum absolute atomic E-state index is 0.0560. The Morgan fingerprint density at radius 1 is 1.11 bits per heavy atom. The van der Waals surface area contributed by atoms with E-state index in [-0.39, 0.29) is 58.0 Å². The number of ketones is 2. The summed E-state index contributed by atoms with van der Waals surface area (Å²) in [6.07, 6.45) is -4.19. The van der Waals surface area contributed by atoms with Crippen LogP contribution in [0.25, 0.3) is 0 Å². The van der Waals surface area contributed by atoms with Gasteiger partial charge in [0.15, 0.2) is 17.9 Å². The van der Waals surface area contributed by atoms with E-state index >= 15 is 0 Å². The average molecular weight is 528 g/mol. The maximum absolute atomic E-state index is 13.4. The number of likely N-dealkylation sites (N-methyl/N-ethyl adjacent to an activating group) is 1. The molecule has 5 N–H and O–H groups in total. The Kier molecular flexibility index (Phi) is 6.62. The van der Waals surface area contributed by atoms with Crippen molar-refractivity contribution in [1.82, 2.24) is 4.90 Å². The maximum atomic E-state index is 13.4. The van der Waals surface area contributed by atoms with Crippen LogP contribution in [0.2, 0.25) is 0 Å². The molecule has 0 spiro atoms. The van der Waals surface area contributed by atoms with Crippen molar-refractivity contribution < 1.29 is 44.6 Å². The molecule has 1 heterocycles. The van der Waals surface area contributed by atoms with Crippen LogP contribution in [-0.2, 0) is 9.47 Å². The van der Waals surface area contributed by atoms with Crippen LogP contribution in [0.3, 0.4) is 0 Å². The van der Waals surface area contributed by atoms with Crippen LogP contribution in [0.4, 0.5) is 0 Å². The molecule has 204 valence electrons. The minimum Gasteiger partial charge on any atom is -0.507 e. The number of aliphatic hydroxyl groups excluding tert-OH is 2. The van der Waals surface area contributed by atoms with Gasteiger partial charge in [0.2, 0.25) is 0 Å². The summed E-state index contributed by atoms with van der Waals surface area (Å²) in [4.78, 5) is 28.7. The monoisotopic (exact) mass is 527 g/mol. The molecule has 10 heteroatoms. The first-order valence-electron chi connectivity index (χ1n) is 12.8. The molecule has 2 aromatic rings. The van der Waals surface area contributed by atoms with Crippen molar-refractivity contribution in [2.45, 2.75) is 75.5 Å². The third-order valence-electron chi connectivity index (χ3n) is 8.29. The van der Waals surface area contributed by atoms with Crippen LogP contribution in [0.15, 0.2) is 24.3 Å². The van der Waals surface area contributed by atoms with Gasteiger partial charge in [-0.1, -0.05) is 19.1 Å². The fourth-order valence-electron chi connectivity index (χ4n) is 5.99. The number of hydrogen-bond acceptors (Lipinski definition) is 10. The lowest BCUT2D eigenvalue weighted by Crippen LogP contribution is -2.54. The van der Waals surface area contributed by atoms with Crippen molar-refractivity contribution in [2.75, 3.05) is 14.1 Å². The van der Waals surface area contributed by atoms with E-state index in [4.69, 9.17) is 9.47 Å². The summed E-state index contributed by atoms with van der Waals surface area (Å²) in [6, 6.07) is 5.25. The van der Waals surface area contributed by atoms with Gasteiger partial charge in [-0.2, -0.15) is 0 Å². The second-order valence-corrected chi connectivity index (χ2v) is 10.7. The molecule has 3 aliphatic rings. The molecule has 0 saturated carbocycles. The zero-order chi connectivity index (χ0) is 27.7. The summed E-state index contributed by atoms with van der Waals surface area (Å²) in [5, 5.41) is 54.8. The molecule has 0 aromatic heterocycles. The van der Waals surface area contributed by atoms with Gasteiger partial charge in [0.05, 0.1) is 35.0 Å². The smallest absolute Gasteiger partial charge is 0.198 e. The molecule has 2 aromatic carbocycles. The lowest BCUT2D eigenvalue weighted by molar-refractivity contribution is -0.261. The molecule has 1 aliphatic heterocycles. The first-order chi connectivity index (χ1) is 17.9. The van der Waals surface area contributed by atoms with Crippen molar-refractivity contribution in [3.63, 3.8) is 0 Å². The third kappa shape index (κ3) is 3.95. The van der Waals surface area contributed by atoms with Crippen LogP contribution in [0, 0.1) is 0 Å². The lowest BCUT2D eigenvalue weighted by atomic mass is 9.71. The number of benzene rings is 2. The van der Waals surface area contributed by atoms with Crippen molar-refractivity contribution >= 4 is 11.6 Å². The van der Waals surface area contributed by atoms with Crippen LogP contribution in [0.1, 0.15) is 88.3 Å². The molecular weight excluding hydrogens is 494 g/mol. The fourth-order valence-corrected chi connectivity index (χ4v) is 5.99. The van der Waals surface area contributed by atoms with E-state index in [0.717, 1.165) is 0 Å². The van der Waals surface area contributed by atoms with E-state index in [1.54, 1.807) is 13.8 Å². The summed E-state index contributed by atoms with van der Waals surface area (Å²) < 4.78 is 12.2. The highest BCUT2D eigenvalue weighted by molar-refractivity contribution is 6.30. The highest BCUT2D eigenvalue weighted by Gasteiger charge is 2.49. The Morgan fingerprint density at radius 3 is 2.45 bits per heavy atom. The quantitative estimate of drug-likeness (QED) is 0.340. The fraction of sp³-hybridized carbons (Fsp3) is 0.500. The van der Waals surface area contributed by atoms with E-state index in [9.17, 15) is 35.1 Å². The van der Waals surface area contributed by atoms with E-state index < -0.39 is 53.6 Å². The number of aliphatic hydroxyl groups is 3. The van der Waals surface area contributed by atoms with Crippen molar-refractivity contribution in [3.8, 4) is 11.5 Å². The summed E-state index contributed by atoms with van der Waals surface area (Å²) >= 11 is 0. The number of fused-ring (bicyclic) bond motifs is 3. The van der Waals surface area contributed by atoms with Gasteiger partial charge >= 0.3 is 0 Å². The minimum atomic E-state index is -1.69. The van der Waals surface area contributed by atoms with Crippen LogP contribution in [0.5, 0.6) is 11.5 Å². The van der Waals surface area contributed by atoms with Gasteiger partial charge < -0.3 is 39.9 Å². The van der Waals surface area contributed by atoms with Gasteiger partial charge in [-0.05, 0) is 45.1 Å². The number of carbonyl (C=O) groups is 2. The predicted octanol–water partition coefficient (Wildman–Crippen LogP) is 1.94. The zero-order valence-electron chi connectivity index (χ0n) is 21.7. The number of carbonyl (C=O) groups excluding carboxylic acids is 2. The molecule has 1 saturated heterocycles. The van der Waals surface area contributed by atoms with E-state index in [2.05, 4.69) is 0 Å². The molecule has 2 aliphatic carbocycles. The van der Waals surface area contributed by atoms with Crippen molar-refractivity contribution in [3.05, 3.63) is 57.6 Å². The third-order valence-corrected chi connectivity index (χ3v) is 8.29. The molecule has 38 heavy (non-hydrogen) atoms. The van der Waals surface area contributed by atoms with E-state index in [0.29, 0.717) is 6.42 Å². The van der Waals surface area contributed by atoms with Crippen LogP contribution < -0.4 is 0 Å². The van der Waals surface area contributed by atoms with Gasteiger partial charge in [0.25, 0.3) is 0 Å². The highest BCUT2D eigenvalue weighted by atomic mass is 16.7. The summed E-state index contributed by atoms with van der Waals surface area (Å²) in [5.41, 5.74) is -2.15. The summed E-state index contributed by atoms with van der Waals surface area (Å²) in [7, 11) is 3.68. The van der Waals surface area contributed by atoms with Gasteiger partial charge in [0, 0.05) is 35.6 Å². The molecule has 4 unspecified atom stereocenters. The van der Waals surface area contributed by atoms with Gasteiger partial charge in [0.1, 0.15) is 17.6 Å². The Balaban J connectivity index is 1.62. The molecular formula is C28H33NO9. The Hall–Kier alpha value is -2.86. The molecule has 5 rings (SSSR count). The maximum Gasteiger partial charge on any atom is 0.198 e. The number of rotatable bonds is 4. The molecule has 0 radical (unpaired) electrons. The Bertz CT molecular complexity index is 1310. The molecule has 0 bridgehead atoms. The van der Waals surface area contributed by atoms with Crippen molar-refractivity contribution in [1.29, 1.82) is 0 Å². The van der Waals surface area contributed by atoms with Gasteiger partial charge in [-0.15, -0.1) is 0 Å². The molecule has 10 nitrogen and oxygen atoms in total. The average Bonchev–Trinajstić information content (AvgIpc) is 2.87. The highest BCUT2D eigenvalue weighted by Crippen LogP contribution is 2.52. The largest absolute Gasteiger partial charge is 0.507 e. The lowest BCUT2D eigenvalue weighted by Gasteiger charge is -2.45. The van der Waals surface area contributed by atoms with Gasteiger partial charge in [-0.25, -0.2) is 0 Å². The SMILES string of the molecule is CC[C@@]1(O)C[C@H](OC2CC(N(C)C)C(O)C(C)O2)c2cc3c(c(O)c2[C@H]1O)C(=O)c1cccc(O)c1C3=O. The standard InChI is InChI=1S/C28H33NO9/c1-5-28(36)11-18(38-19-10-16(29(3)4)23(31)12(2)37-19)14-9-15-21(26(34)22(14)27(28)35)24(32)13-7-6-8-17(30)20(13)25(15)33/h6-9,12,16,18-19,23,27,30-31,34-36H,5,10-11H2,1-4H3/t12?,16?,18-,19?,23?,27+,28+/m0/s1. The number of aromatic hydroxyl groups is 2. The molecule has 7 atom stereocenters. The van der Waals surface area contributed by atoms with Gasteiger partial charge in [-0.3, -0.25) is 9.59 Å². The summed E-state index contributed by atoms with van der Waals surface area (Å²) in [5.74, 6) is -2.27. The first-order valence-corrected chi connectivity index (χ1v) is 12.8. The van der Waals surface area contributed by atoms with Crippen LogP contribution >= 0.6 is 0 Å². The molecule has 1 fully saturated rings.